The van der Waals surface area contributed by atoms with Crippen LogP contribution in [0.3, 0.4) is 0 Å². The minimum absolute atomic E-state index is 0.0477. The van der Waals surface area contributed by atoms with E-state index in [4.69, 9.17) is 9.84 Å². The molecule has 0 unspecified atom stereocenters. The van der Waals surface area contributed by atoms with E-state index in [-0.39, 0.29) is 11.3 Å². The number of hydrogen-bond donors (Lipinski definition) is 1. The number of rotatable bonds is 4. The maximum Gasteiger partial charge on any atom is 0.372 e. The third-order valence-electron chi connectivity index (χ3n) is 5.57. The van der Waals surface area contributed by atoms with Gasteiger partial charge in [0.05, 0.1) is 12.8 Å². The lowest BCUT2D eigenvalue weighted by Crippen LogP contribution is -2.29. The molecule has 1 fully saturated rings. The van der Waals surface area contributed by atoms with Crippen LogP contribution in [-0.2, 0) is 0 Å². The molecule has 5 rings (SSSR count). The molecule has 1 atom stereocenters. The summed E-state index contributed by atoms with van der Waals surface area (Å²) in [5, 5.41) is 7.91. The molecule has 1 amide bonds. The van der Waals surface area contributed by atoms with E-state index in [1.807, 2.05) is 65.4 Å². The quantitative estimate of drug-likeness (QED) is 0.417. The molecule has 33 heavy (non-hydrogen) atoms. The molecule has 0 saturated carbocycles. The first-order valence-electron chi connectivity index (χ1n) is 10.5. The van der Waals surface area contributed by atoms with E-state index >= 15 is 0 Å². The predicted octanol–water partition coefficient (Wildman–Crippen LogP) is 6.22. The standard InChI is InChI=1S/C26H20BrN3O2S/c1-32-21-13-9-19(10-14-21)23-16-22(18-5-3-2-4-6-18)29-30(23)25-24(33-26(31)28-25)15-17-7-11-20(27)12-8-17/h2-15,23H,16H2,1H3/p+1/b24-15-/t23-/m0/s1. The van der Waals surface area contributed by atoms with Gasteiger partial charge in [0.1, 0.15) is 10.7 Å². The van der Waals surface area contributed by atoms with Crippen LogP contribution in [-0.4, -0.2) is 28.6 Å². The van der Waals surface area contributed by atoms with Crippen LogP contribution in [0.2, 0.25) is 0 Å². The maximum atomic E-state index is 12.4. The van der Waals surface area contributed by atoms with E-state index in [9.17, 15) is 4.79 Å². The van der Waals surface area contributed by atoms with Crippen molar-refractivity contribution in [3.63, 3.8) is 0 Å². The Morgan fingerprint density at radius 3 is 2.48 bits per heavy atom. The molecule has 2 aliphatic rings. The topological polar surface area (TPSA) is 53.7 Å². The highest BCUT2D eigenvalue weighted by atomic mass is 79.9. The van der Waals surface area contributed by atoms with Crippen molar-refractivity contribution in [1.29, 1.82) is 0 Å². The lowest BCUT2D eigenvalue weighted by Gasteiger charge is -2.11. The average Bonchev–Trinajstić information content (AvgIpc) is 3.44. The van der Waals surface area contributed by atoms with Gasteiger partial charge in [0.25, 0.3) is 0 Å². The average molecular weight is 519 g/mol. The van der Waals surface area contributed by atoms with Gasteiger partial charge in [-0.2, -0.15) is 5.32 Å². The Bertz CT molecular complexity index is 1280. The van der Waals surface area contributed by atoms with Gasteiger partial charge in [-0.05, 0) is 47.0 Å². The minimum Gasteiger partial charge on any atom is -0.497 e. The number of thioether (sulfide) groups is 1. The second-order valence-electron chi connectivity index (χ2n) is 7.67. The molecule has 3 aromatic carbocycles. The van der Waals surface area contributed by atoms with Crippen molar-refractivity contribution in [2.24, 2.45) is 5.10 Å². The van der Waals surface area contributed by atoms with Gasteiger partial charge in [-0.3, -0.25) is 0 Å². The molecule has 1 saturated heterocycles. The number of halogens is 1. The van der Waals surface area contributed by atoms with Crippen LogP contribution in [0.4, 0.5) is 4.79 Å². The fourth-order valence-electron chi connectivity index (χ4n) is 3.92. The van der Waals surface area contributed by atoms with Gasteiger partial charge in [-0.25, -0.2) is 4.79 Å². The van der Waals surface area contributed by atoms with Gasteiger partial charge in [-0.1, -0.05) is 75.6 Å². The van der Waals surface area contributed by atoms with Gasteiger partial charge in [0, 0.05) is 22.7 Å². The Labute approximate surface area is 205 Å². The lowest BCUT2D eigenvalue weighted by atomic mass is 9.99. The third kappa shape index (κ3) is 4.65. The van der Waals surface area contributed by atoms with E-state index < -0.39 is 0 Å². The number of hydrogen-bond acceptors (Lipinski definition) is 4. The molecule has 3 aromatic rings. The van der Waals surface area contributed by atoms with Crippen LogP contribution >= 0.6 is 27.7 Å². The van der Waals surface area contributed by atoms with Crippen molar-refractivity contribution in [2.45, 2.75) is 12.5 Å². The number of nitrogens with zero attached hydrogens (tertiary/aromatic N) is 2. The van der Waals surface area contributed by atoms with Crippen molar-refractivity contribution < 1.29 is 14.2 Å². The van der Waals surface area contributed by atoms with Crippen molar-refractivity contribution in [1.82, 2.24) is 5.32 Å². The van der Waals surface area contributed by atoms with E-state index in [2.05, 4.69) is 45.5 Å². The smallest absolute Gasteiger partial charge is 0.372 e. The number of ether oxygens (including phenoxy) is 1. The summed E-state index contributed by atoms with van der Waals surface area (Å²) in [5.41, 5.74) is 4.18. The van der Waals surface area contributed by atoms with Gasteiger partial charge in [-0.15, -0.1) is 4.68 Å². The number of carbonyl (C=O) groups excluding carboxylic acids is 1. The van der Waals surface area contributed by atoms with Gasteiger partial charge in [0.2, 0.25) is 0 Å². The summed E-state index contributed by atoms with van der Waals surface area (Å²) in [6, 6.07) is 26.2. The summed E-state index contributed by atoms with van der Waals surface area (Å²) in [4.78, 5) is 13.3. The van der Waals surface area contributed by atoms with Gasteiger partial charge in [0.15, 0.2) is 6.04 Å². The molecule has 5 nitrogen and oxygen atoms in total. The minimum atomic E-state index is -0.106. The molecule has 1 N–H and O–H groups in total. The molecule has 2 aliphatic heterocycles. The van der Waals surface area contributed by atoms with Crippen LogP contribution in [0.1, 0.15) is 29.2 Å². The van der Waals surface area contributed by atoms with Gasteiger partial charge >= 0.3 is 11.1 Å². The molecular weight excluding hydrogens is 498 g/mol. The molecule has 0 aromatic heterocycles. The van der Waals surface area contributed by atoms with Crippen molar-refractivity contribution in [2.75, 3.05) is 7.11 Å². The Hall–Kier alpha value is -3.16. The second kappa shape index (κ2) is 9.37. The number of benzene rings is 3. The molecular formula is C26H21BrN3O2S+. The molecule has 0 spiro atoms. The summed E-state index contributed by atoms with van der Waals surface area (Å²) in [6.07, 6.45) is 2.75. The highest BCUT2D eigenvalue weighted by Crippen LogP contribution is 2.35. The monoisotopic (exact) mass is 518 g/mol. The molecule has 2 heterocycles. The number of amides is 1. The number of hydrazone groups is 1. The molecule has 0 bridgehead atoms. The maximum absolute atomic E-state index is 12.4. The first-order chi connectivity index (χ1) is 16.1. The lowest BCUT2D eigenvalue weighted by molar-refractivity contribution is -0.568. The van der Waals surface area contributed by atoms with Crippen LogP contribution in [0.25, 0.3) is 6.08 Å². The molecule has 0 radical (unpaired) electrons. The van der Waals surface area contributed by atoms with E-state index in [0.29, 0.717) is 5.84 Å². The normalized spacial score (nSPS) is 21.3. The Balaban J connectivity index is 1.62. The zero-order valence-electron chi connectivity index (χ0n) is 17.9. The summed E-state index contributed by atoms with van der Waals surface area (Å²) < 4.78 is 8.30. The number of carbonyl (C=O) groups is 1. The van der Waals surface area contributed by atoms with Crippen LogP contribution in [0.15, 0.2) is 93.3 Å². The Morgan fingerprint density at radius 1 is 1.06 bits per heavy atom. The first kappa shape index (κ1) is 21.7. The summed E-state index contributed by atoms with van der Waals surface area (Å²) >= 11 is 4.66. The zero-order chi connectivity index (χ0) is 22.8. The van der Waals surface area contributed by atoms with Crippen molar-refractivity contribution >= 4 is 50.6 Å². The SMILES string of the molecule is COc1ccc([C@@H]2CC(c3ccccc3)=N/[N+]2=C2/NC(=O)S/C2=C\c2ccc(Br)cc2)cc1. The molecule has 7 heteroatoms. The second-order valence-corrected chi connectivity index (χ2v) is 9.60. The molecule has 0 aliphatic carbocycles. The first-order valence-corrected chi connectivity index (χ1v) is 12.1. The summed E-state index contributed by atoms with van der Waals surface area (Å²) in [7, 11) is 1.66. The van der Waals surface area contributed by atoms with Crippen LogP contribution < -0.4 is 10.1 Å². The third-order valence-corrected chi connectivity index (χ3v) is 6.92. The van der Waals surface area contributed by atoms with E-state index in [1.165, 1.54) is 11.8 Å². The van der Waals surface area contributed by atoms with Crippen LogP contribution in [0, 0.1) is 0 Å². The van der Waals surface area contributed by atoms with Gasteiger partial charge < -0.3 is 4.74 Å². The highest BCUT2D eigenvalue weighted by molar-refractivity contribution is 9.10. The Morgan fingerprint density at radius 2 is 1.79 bits per heavy atom. The van der Waals surface area contributed by atoms with E-state index in [0.717, 1.165) is 44.0 Å². The summed E-state index contributed by atoms with van der Waals surface area (Å²) in [5.74, 6) is 1.51. The van der Waals surface area contributed by atoms with Crippen LogP contribution in [0.5, 0.6) is 5.75 Å². The predicted molar refractivity (Wildman–Crippen MR) is 137 cm³/mol. The highest BCUT2D eigenvalue weighted by Gasteiger charge is 2.40. The van der Waals surface area contributed by atoms with E-state index in [1.54, 1.807) is 7.11 Å². The molecule has 164 valence electrons. The fourth-order valence-corrected chi connectivity index (χ4v) is 4.97. The summed E-state index contributed by atoms with van der Waals surface area (Å²) in [6.45, 7) is 0. The number of amidine groups is 1. The fraction of sp³-hybridized carbons (Fsp3) is 0.115. The largest absolute Gasteiger partial charge is 0.497 e. The number of methoxy groups -OCH3 is 1. The van der Waals surface area contributed by atoms with Crippen molar-refractivity contribution in [3.8, 4) is 5.75 Å². The number of nitrogens with one attached hydrogen (secondary N) is 1. The zero-order valence-corrected chi connectivity index (χ0v) is 20.3. The van der Waals surface area contributed by atoms with Crippen molar-refractivity contribution in [3.05, 3.63) is 105 Å². The Kier molecular flexibility index (Phi) is 6.15.